The summed E-state index contributed by atoms with van der Waals surface area (Å²) >= 11 is 15.3. The van der Waals surface area contributed by atoms with Crippen LogP contribution in [0.1, 0.15) is 12.7 Å². The van der Waals surface area contributed by atoms with E-state index in [0.29, 0.717) is 10.9 Å². The highest BCUT2D eigenvalue weighted by molar-refractivity contribution is 9.10. The molecule has 0 spiro atoms. The first-order chi connectivity index (χ1) is 8.15. The molecule has 0 unspecified atom stereocenters. The van der Waals surface area contributed by atoms with Crippen molar-refractivity contribution < 1.29 is 0 Å². The summed E-state index contributed by atoms with van der Waals surface area (Å²) in [5, 5.41) is 8.88. The van der Waals surface area contributed by atoms with Crippen molar-refractivity contribution in [2.24, 2.45) is 0 Å². The third kappa shape index (κ3) is 2.64. The van der Waals surface area contributed by atoms with Gasteiger partial charge in [-0.15, -0.1) is 21.8 Å². The van der Waals surface area contributed by atoms with E-state index in [-0.39, 0.29) is 0 Å². The molecule has 0 aliphatic rings. The van der Waals surface area contributed by atoms with Crippen molar-refractivity contribution in [2.45, 2.75) is 19.3 Å². The molecule has 17 heavy (non-hydrogen) atoms. The molecule has 0 saturated heterocycles. The maximum atomic E-state index is 6.02. The Hall–Kier alpha value is -0.580. The highest BCUT2D eigenvalue weighted by Crippen LogP contribution is 2.27. The van der Waals surface area contributed by atoms with Gasteiger partial charge in [-0.2, -0.15) is 0 Å². The quantitative estimate of drug-likeness (QED) is 0.790. The van der Waals surface area contributed by atoms with Gasteiger partial charge < -0.3 is 4.57 Å². The molecule has 90 valence electrons. The molecule has 3 nitrogen and oxygen atoms in total. The molecule has 2 rings (SSSR count). The summed E-state index contributed by atoms with van der Waals surface area (Å²) in [6.07, 6.45) is 0. The lowest BCUT2D eigenvalue weighted by Crippen LogP contribution is -2.01. The largest absolute Gasteiger partial charge is 0.310 e. The molecule has 0 amide bonds. The highest BCUT2D eigenvalue weighted by atomic mass is 79.9. The van der Waals surface area contributed by atoms with E-state index >= 15 is 0 Å². The van der Waals surface area contributed by atoms with Crippen molar-refractivity contribution in [3.63, 3.8) is 0 Å². The summed E-state index contributed by atoms with van der Waals surface area (Å²) in [6, 6.07) is 5.65. The summed E-state index contributed by atoms with van der Waals surface area (Å²) in [5.74, 6) is 1.90. The van der Waals surface area contributed by atoms with Crippen molar-refractivity contribution >= 4 is 39.1 Å². The summed E-state index contributed by atoms with van der Waals surface area (Å²) in [7, 11) is 0. The van der Waals surface area contributed by atoms with Gasteiger partial charge in [0.25, 0.3) is 0 Å². The first-order valence-electron chi connectivity index (χ1n) is 5.10. The van der Waals surface area contributed by atoms with Gasteiger partial charge in [-0.25, -0.2) is 0 Å². The molecule has 1 aromatic heterocycles. The zero-order valence-electron chi connectivity index (χ0n) is 9.12. The topological polar surface area (TPSA) is 30.7 Å². The molecule has 1 aromatic carbocycles. The molecule has 0 radical (unpaired) electrons. The number of aromatic nitrogens is 3. The molecular formula is C11H10BrCl2N3. The Morgan fingerprint density at radius 1 is 1.29 bits per heavy atom. The summed E-state index contributed by atoms with van der Waals surface area (Å²) in [4.78, 5) is 0. The maximum Gasteiger partial charge on any atom is 0.164 e. The van der Waals surface area contributed by atoms with Gasteiger partial charge in [0.05, 0.1) is 5.88 Å². The number of nitrogens with zero attached hydrogens (tertiary/aromatic N) is 3. The van der Waals surface area contributed by atoms with Gasteiger partial charge in [-0.1, -0.05) is 27.5 Å². The molecule has 0 fully saturated rings. The molecule has 0 aliphatic carbocycles. The second kappa shape index (κ2) is 5.38. The number of hydrogen-bond donors (Lipinski definition) is 0. The second-order valence-electron chi connectivity index (χ2n) is 3.48. The van der Waals surface area contributed by atoms with Gasteiger partial charge in [-0.05, 0) is 25.1 Å². The molecule has 1 heterocycles. The van der Waals surface area contributed by atoms with Crippen molar-refractivity contribution in [2.75, 3.05) is 0 Å². The zero-order chi connectivity index (χ0) is 12.4. The molecule has 0 aliphatic heterocycles. The number of alkyl halides is 1. The van der Waals surface area contributed by atoms with Crippen molar-refractivity contribution in [1.82, 2.24) is 14.8 Å². The maximum absolute atomic E-state index is 6.02. The Morgan fingerprint density at radius 2 is 2.06 bits per heavy atom. The Balaban J connectivity index is 2.55. The lowest BCUT2D eigenvalue weighted by Gasteiger charge is -2.06. The van der Waals surface area contributed by atoms with Gasteiger partial charge in [0.15, 0.2) is 5.82 Å². The minimum atomic E-state index is 0.350. The fraction of sp³-hybridized carbons (Fsp3) is 0.273. The van der Waals surface area contributed by atoms with Crippen molar-refractivity contribution in [3.05, 3.63) is 33.5 Å². The Morgan fingerprint density at radius 3 is 2.65 bits per heavy atom. The molecule has 0 atom stereocenters. The highest BCUT2D eigenvalue weighted by Gasteiger charge is 2.12. The lowest BCUT2D eigenvalue weighted by atomic mass is 10.2. The van der Waals surface area contributed by atoms with E-state index in [9.17, 15) is 0 Å². The van der Waals surface area contributed by atoms with E-state index in [1.165, 1.54) is 0 Å². The molecule has 0 bridgehead atoms. The Bertz CT molecular complexity index is 519. The zero-order valence-corrected chi connectivity index (χ0v) is 12.2. The molecule has 2 aromatic rings. The predicted molar refractivity (Wildman–Crippen MR) is 73.4 cm³/mol. The summed E-state index contributed by atoms with van der Waals surface area (Å²) < 4.78 is 2.89. The van der Waals surface area contributed by atoms with Gasteiger partial charge in [-0.3, -0.25) is 0 Å². The van der Waals surface area contributed by atoms with E-state index in [1.807, 2.05) is 29.7 Å². The fourth-order valence-electron chi connectivity index (χ4n) is 1.66. The lowest BCUT2D eigenvalue weighted by molar-refractivity contribution is 0.731. The normalized spacial score (nSPS) is 10.8. The third-order valence-electron chi connectivity index (χ3n) is 2.38. The average Bonchev–Trinajstić information content (AvgIpc) is 2.70. The van der Waals surface area contributed by atoms with Crippen molar-refractivity contribution in [1.29, 1.82) is 0 Å². The van der Waals surface area contributed by atoms with Crippen LogP contribution in [-0.4, -0.2) is 14.8 Å². The van der Waals surface area contributed by atoms with E-state index in [4.69, 9.17) is 23.2 Å². The molecule has 6 heteroatoms. The summed E-state index contributed by atoms with van der Waals surface area (Å²) in [6.45, 7) is 2.80. The van der Waals surface area contributed by atoms with E-state index in [2.05, 4.69) is 26.1 Å². The first kappa shape index (κ1) is 12.9. The number of hydrogen-bond acceptors (Lipinski definition) is 2. The standard InChI is InChI=1S/C11H10BrCl2N3/c1-2-17-10(6-13)15-16-11(17)7-3-8(12)5-9(14)4-7/h3-5H,2,6H2,1H3. The third-order valence-corrected chi connectivity index (χ3v) is 3.30. The van der Waals surface area contributed by atoms with Crippen LogP contribution in [0.25, 0.3) is 11.4 Å². The SMILES string of the molecule is CCn1c(CCl)nnc1-c1cc(Cl)cc(Br)c1. The van der Waals surface area contributed by atoms with E-state index < -0.39 is 0 Å². The van der Waals surface area contributed by atoms with E-state index in [1.54, 1.807) is 0 Å². The van der Waals surface area contributed by atoms with Crippen molar-refractivity contribution in [3.8, 4) is 11.4 Å². The van der Waals surface area contributed by atoms with Crippen LogP contribution in [0.2, 0.25) is 5.02 Å². The fourth-order valence-corrected chi connectivity index (χ4v) is 2.72. The monoisotopic (exact) mass is 333 g/mol. The van der Waals surface area contributed by atoms with Gasteiger partial charge in [0.2, 0.25) is 0 Å². The Labute approximate surface area is 118 Å². The van der Waals surface area contributed by atoms with Crippen LogP contribution >= 0.6 is 39.1 Å². The number of rotatable bonds is 3. The first-order valence-corrected chi connectivity index (χ1v) is 6.80. The van der Waals surface area contributed by atoms with Gasteiger partial charge in [0.1, 0.15) is 5.82 Å². The Kier molecular flexibility index (Phi) is 4.07. The van der Waals surface area contributed by atoms with Crippen LogP contribution in [0.5, 0.6) is 0 Å². The summed E-state index contributed by atoms with van der Waals surface area (Å²) in [5.41, 5.74) is 0.926. The molecular weight excluding hydrogens is 325 g/mol. The van der Waals surface area contributed by atoms with Gasteiger partial charge in [0, 0.05) is 21.6 Å². The van der Waals surface area contributed by atoms with Crippen LogP contribution in [0.4, 0.5) is 0 Å². The molecule has 0 saturated carbocycles. The minimum Gasteiger partial charge on any atom is -0.310 e. The van der Waals surface area contributed by atoms with Crippen LogP contribution in [0.3, 0.4) is 0 Å². The van der Waals surface area contributed by atoms with Gasteiger partial charge >= 0.3 is 0 Å². The van der Waals surface area contributed by atoms with Crippen LogP contribution in [0.15, 0.2) is 22.7 Å². The van der Waals surface area contributed by atoms with Crippen LogP contribution in [0, 0.1) is 0 Å². The molecule has 0 N–H and O–H groups in total. The smallest absolute Gasteiger partial charge is 0.164 e. The number of benzene rings is 1. The number of halogens is 3. The minimum absolute atomic E-state index is 0.350. The van der Waals surface area contributed by atoms with Crippen LogP contribution < -0.4 is 0 Å². The average molecular weight is 335 g/mol. The predicted octanol–water partition coefficient (Wildman–Crippen LogP) is 4.12. The van der Waals surface area contributed by atoms with Crippen LogP contribution in [-0.2, 0) is 12.4 Å². The second-order valence-corrected chi connectivity index (χ2v) is 5.10. The van der Waals surface area contributed by atoms with E-state index in [0.717, 1.165) is 28.2 Å².